The maximum atomic E-state index is 13.7. The van der Waals surface area contributed by atoms with Crippen LogP contribution in [0.5, 0.6) is 0 Å². The van der Waals surface area contributed by atoms with Crippen LogP contribution in [0.25, 0.3) is 0 Å². The van der Waals surface area contributed by atoms with Gasteiger partial charge in [0.25, 0.3) is 0 Å². The second-order valence-corrected chi connectivity index (χ2v) is 4.13. The summed E-state index contributed by atoms with van der Waals surface area (Å²) in [7, 11) is 0. The van der Waals surface area contributed by atoms with E-state index in [-0.39, 0.29) is 22.9 Å². The molecule has 0 bridgehead atoms. The molecule has 15 heavy (non-hydrogen) atoms. The van der Waals surface area contributed by atoms with Crippen molar-refractivity contribution in [1.82, 2.24) is 0 Å². The van der Waals surface area contributed by atoms with Crippen molar-refractivity contribution in [2.45, 2.75) is 12.5 Å². The molecular formula is C11H13ClFNO. The molecule has 2 N–H and O–H groups in total. The average molecular weight is 230 g/mol. The van der Waals surface area contributed by atoms with Crippen LogP contribution in [-0.4, -0.2) is 13.2 Å². The molecule has 1 aliphatic rings. The molecule has 1 aliphatic heterocycles. The lowest BCUT2D eigenvalue weighted by Crippen LogP contribution is -2.18. The normalized spacial score (nSPS) is 25.8. The maximum absolute atomic E-state index is 13.7. The molecule has 2 nitrogen and oxygen atoms in total. The molecule has 0 amide bonds. The van der Waals surface area contributed by atoms with E-state index in [4.69, 9.17) is 22.1 Å². The fraction of sp³-hybridized carbons (Fsp3) is 0.455. The zero-order valence-corrected chi connectivity index (χ0v) is 9.01. The molecule has 2 rings (SSSR count). The van der Waals surface area contributed by atoms with Crippen LogP contribution in [0, 0.1) is 11.7 Å². The number of halogens is 2. The Morgan fingerprint density at radius 1 is 1.53 bits per heavy atom. The fourth-order valence-corrected chi connectivity index (χ4v) is 2.14. The quantitative estimate of drug-likeness (QED) is 0.846. The highest BCUT2D eigenvalue weighted by Gasteiger charge is 2.30. The Kier molecular flexibility index (Phi) is 3.24. The van der Waals surface area contributed by atoms with Gasteiger partial charge in [-0.3, -0.25) is 0 Å². The van der Waals surface area contributed by atoms with Crippen LogP contribution in [0.1, 0.15) is 18.1 Å². The highest BCUT2D eigenvalue weighted by atomic mass is 35.5. The van der Waals surface area contributed by atoms with Gasteiger partial charge in [0, 0.05) is 18.1 Å². The van der Waals surface area contributed by atoms with Crippen LogP contribution in [0.15, 0.2) is 18.2 Å². The maximum Gasteiger partial charge on any atom is 0.147 e. The van der Waals surface area contributed by atoms with E-state index in [2.05, 4.69) is 0 Å². The molecule has 1 fully saturated rings. The van der Waals surface area contributed by atoms with E-state index in [0.29, 0.717) is 18.7 Å². The number of ether oxygens (including phenoxy) is 1. The molecule has 0 aliphatic carbocycles. The van der Waals surface area contributed by atoms with Gasteiger partial charge in [0.1, 0.15) is 5.82 Å². The van der Waals surface area contributed by atoms with Gasteiger partial charge in [-0.1, -0.05) is 23.7 Å². The first kappa shape index (κ1) is 10.9. The lowest BCUT2D eigenvalue weighted by Gasteiger charge is -2.18. The number of nitrogens with two attached hydrogens (primary N) is 1. The van der Waals surface area contributed by atoms with Crippen LogP contribution >= 0.6 is 11.6 Å². The fourth-order valence-electron chi connectivity index (χ4n) is 1.96. The molecule has 0 saturated carbocycles. The first-order chi connectivity index (χ1) is 7.24. The zero-order valence-electron chi connectivity index (χ0n) is 8.25. The summed E-state index contributed by atoms with van der Waals surface area (Å²) in [5.74, 6) is -0.192. The summed E-state index contributed by atoms with van der Waals surface area (Å²) >= 11 is 5.72. The van der Waals surface area contributed by atoms with Gasteiger partial charge < -0.3 is 10.5 Å². The van der Waals surface area contributed by atoms with E-state index >= 15 is 0 Å². The molecule has 0 aromatic heterocycles. The van der Waals surface area contributed by atoms with Gasteiger partial charge in [0.2, 0.25) is 0 Å². The number of hydrogen-bond donors (Lipinski definition) is 1. The van der Waals surface area contributed by atoms with Crippen LogP contribution in [0.3, 0.4) is 0 Å². The minimum absolute atomic E-state index is 0.138. The molecule has 2 atom stereocenters. The molecule has 1 aromatic carbocycles. The number of benzene rings is 1. The van der Waals surface area contributed by atoms with Gasteiger partial charge in [0.15, 0.2) is 0 Å². The van der Waals surface area contributed by atoms with Crippen molar-refractivity contribution in [3.8, 4) is 0 Å². The molecule has 82 valence electrons. The van der Waals surface area contributed by atoms with Crippen LogP contribution < -0.4 is 5.73 Å². The SMILES string of the molecule is NCC1CCOC1c1cccc(Cl)c1F. The summed E-state index contributed by atoms with van der Waals surface area (Å²) in [6.45, 7) is 1.15. The van der Waals surface area contributed by atoms with Gasteiger partial charge in [-0.25, -0.2) is 4.39 Å². The van der Waals surface area contributed by atoms with Gasteiger partial charge >= 0.3 is 0 Å². The monoisotopic (exact) mass is 229 g/mol. The van der Waals surface area contributed by atoms with E-state index in [1.54, 1.807) is 12.1 Å². The van der Waals surface area contributed by atoms with Crippen molar-refractivity contribution >= 4 is 11.6 Å². The van der Waals surface area contributed by atoms with Crippen LogP contribution in [0.4, 0.5) is 4.39 Å². The molecule has 4 heteroatoms. The molecule has 1 saturated heterocycles. The first-order valence-electron chi connectivity index (χ1n) is 4.99. The average Bonchev–Trinajstić information content (AvgIpc) is 2.70. The third kappa shape index (κ3) is 2.00. The van der Waals surface area contributed by atoms with Crippen molar-refractivity contribution in [2.75, 3.05) is 13.2 Å². The van der Waals surface area contributed by atoms with Gasteiger partial charge in [-0.05, 0) is 19.0 Å². The van der Waals surface area contributed by atoms with E-state index in [9.17, 15) is 4.39 Å². The molecular weight excluding hydrogens is 217 g/mol. The van der Waals surface area contributed by atoms with E-state index in [1.165, 1.54) is 6.07 Å². The number of hydrogen-bond acceptors (Lipinski definition) is 2. The van der Waals surface area contributed by atoms with Gasteiger partial charge in [-0.15, -0.1) is 0 Å². The predicted molar refractivity (Wildman–Crippen MR) is 57.3 cm³/mol. The summed E-state index contributed by atoms with van der Waals surface area (Å²) in [6, 6.07) is 4.97. The van der Waals surface area contributed by atoms with Crippen LogP contribution in [-0.2, 0) is 4.74 Å². The lowest BCUT2D eigenvalue weighted by molar-refractivity contribution is 0.0894. The van der Waals surface area contributed by atoms with Crippen molar-refractivity contribution in [3.63, 3.8) is 0 Å². The Hall–Kier alpha value is -0.640. The highest BCUT2D eigenvalue weighted by molar-refractivity contribution is 6.30. The zero-order chi connectivity index (χ0) is 10.8. The topological polar surface area (TPSA) is 35.2 Å². The Morgan fingerprint density at radius 3 is 3.07 bits per heavy atom. The standard InChI is InChI=1S/C11H13ClFNO/c12-9-3-1-2-8(10(9)13)11-7(6-14)4-5-15-11/h1-3,7,11H,4-6,14H2. The van der Waals surface area contributed by atoms with Gasteiger partial charge in [0.05, 0.1) is 11.1 Å². The smallest absolute Gasteiger partial charge is 0.147 e. The summed E-state index contributed by atoms with van der Waals surface area (Å²) in [5, 5.41) is 0.138. The Morgan fingerprint density at radius 2 is 2.33 bits per heavy atom. The van der Waals surface area contributed by atoms with Crippen molar-refractivity contribution < 1.29 is 9.13 Å². The summed E-state index contributed by atoms with van der Waals surface area (Å²) in [5.41, 5.74) is 6.14. The third-order valence-electron chi connectivity index (χ3n) is 2.80. The predicted octanol–water partition coefficient (Wildman–Crippen LogP) is 2.52. The molecule has 1 aromatic rings. The molecule has 0 radical (unpaired) electrons. The first-order valence-corrected chi connectivity index (χ1v) is 5.37. The largest absolute Gasteiger partial charge is 0.373 e. The van der Waals surface area contributed by atoms with Gasteiger partial charge in [-0.2, -0.15) is 0 Å². The molecule has 2 unspecified atom stereocenters. The van der Waals surface area contributed by atoms with Crippen molar-refractivity contribution in [2.24, 2.45) is 11.7 Å². The Balaban J connectivity index is 2.32. The lowest BCUT2D eigenvalue weighted by atomic mass is 9.95. The summed E-state index contributed by atoms with van der Waals surface area (Å²) < 4.78 is 19.2. The minimum atomic E-state index is -0.385. The third-order valence-corrected chi connectivity index (χ3v) is 3.10. The van der Waals surface area contributed by atoms with Crippen molar-refractivity contribution in [3.05, 3.63) is 34.6 Å². The second kappa shape index (κ2) is 4.47. The second-order valence-electron chi connectivity index (χ2n) is 3.72. The van der Waals surface area contributed by atoms with Crippen LogP contribution in [0.2, 0.25) is 5.02 Å². The van der Waals surface area contributed by atoms with E-state index < -0.39 is 0 Å². The van der Waals surface area contributed by atoms with E-state index in [0.717, 1.165) is 6.42 Å². The summed E-state index contributed by atoms with van der Waals surface area (Å²) in [4.78, 5) is 0. The Labute approximate surface area is 93.2 Å². The molecule has 0 spiro atoms. The Bertz CT molecular complexity index is 358. The van der Waals surface area contributed by atoms with E-state index in [1.807, 2.05) is 0 Å². The summed E-state index contributed by atoms with van der Waals surface area (Å²) in [6.07, 6.45) is 0.640. The number of rotatable bonds is 2. The highest BCUT2D eigenvalue weighted by Crippen LogP contribution is 2.36. The van der Waals surface area contributed by atoms with Crippen molar-refractivity contribution in [1.29, 1.82) is 0 Å². The minimum Gasteiger partial charge on any atom is -0.373 e. The molecule has 1 heterocycles.